The van der Waals surface area contributed by atoms with Crippen LogP contribution < -0.4 is 16.4 Å². The fourth-order valence-corrected chi connectivity index (χ4v) is 2.55. The van der Waals surface area contributed by atoms with E-state index >= 15 is 0 Å². The second-order valence-electron chi connectivity index (χ2n) is 5.01. The first kappa shape index (κ1) is 15.5. The molecule has 2 aliphatic rings. The topological polar surface area (TPSA) is 79.5 Å². The Balaban J connectivity index is 0.00000162. The van der Waals surface area contributed by atoms with Crippen LogP contribution in [0.5, 0.6) is 0 Å². The van der Waals surface area contributed by atoms with Gasteiger partial charge in [0.1, 0.15) is 0 Å². The van der Waals surface area contributed by atoms with Gasteiger partial charge in [-0.2, -0.15) is 0 Å². The summed E-state index contributed by atoms with van der Waals surface area (Å²) in [5, 5.41) is 6.18. The SMILES string of the molecule is I.NC(=NCC1CCCC(=O)N1)NC1CCCC1. The molecular weight excluding hydrogens is 343 g/mol. The van der Waals surface area contributed by atoms with Gasteiger partial charge in [0, 0.05) is 18.5 Å². The van der Waals surface area contributed by atoms with E-state index in [9.17, 15) is 4.79 Å². The average Bonchev–Trinajstić information content (AvgIpc) is 2.79. The second-order valence-corrected chi connectivity index (χ2v) is 5.01. The van der Waals surface area contributed by atoms with Crippen LogP contribution >= 0.6 is 24.0 Å². The number of carbonyl (C=O) groups excluding carboxylic acids is 1. The van der Waals surface area contributed by atoms with Crippen molar-refractivity contribution in [2.75, 3.05) is 6.54 Å². The number of guanidine groups is 1. The van der Waals surface area contributed by atoms with E-state index in [0.717, 1.165) is 12.8 Å². The fraction of sp³-hybridized carbons (Fsp3) is 0.833. The molecule has 0 aromatic rings. The normalized spacial score (nSPS) is 25.4. The molecule has 2 rings (SSSR count). The van der Waals surface area contributed by atoms with Crippen LogP contribution in [0.3, 0.4) is 0 Å². The van der Waals surface area contributed by atoms with E-state index in [1.54, 1.807) is 0 Å². The summed E-state index contributed by atoms with van der Waals surface area (Å²) in [6.07, 6.45) is 7.56. The highest BCUT2D eigenvalue weighted by atomic mass is 127. The minimum absolute atomic E-state index is 0. The minimum atomic E-state index is 0. The highest BCUT2D eigenvalue weighted by Crippen LogP contribution is 2.17. The number of piperidine rings is 1. The predicted octanol–water partition coefficient (Wildman–Crippen LogP) is 1.12. The molecule has 1 saturated carbocycles. The van der Waals surface area contributed by atoms with Gasteiger partial charge in [-0.25, -0.2) is 0 Å². The Kier molecular flexibility index (Phi) is 6.73. The van der Waals surface area contributed by atoms with Crippen molar-refractivity contribution < 1.29 is 4.79 Å². The third-order valence-corrected chi connectivity index (χ3v) is 3.51. The van der Waals surface area contributed by atoms with Crippen molar-refractivity contribution in [1.82, 2.24) is 10.6 Å². The number of aliphatic imine (C=N–C) groups is 1. The lowest BCUT2D eigenvalue weighted by Crippen LogP contribution is -2.43. The first-order valence-corrected chi connectivity index (χ1v) is 6.60. The first-order valence-electron chi connectivity index (χ1n) is 6.60. The Labute approximate surface area is 125 Å². The summed E-state index contributed by atoms with van der Waals surface area (Å²) in [5.41, 5.74) is 5.83. The standard InChI is InChI=1S/C12H22N4O.HI/c13-12(16-9-4-1-2-5-9)14-8-10-6-3-7-11(17)15-10;/h9-10H,1-8H2,(H,15,17)(H3,13,14,16);1H. The second kappa shape index (κ2) is 7.81. The number of hydrogen-bond donors (Lipinski definition) is 3. The highest BCUT2D eigenvalue weighted by molar-refractivity contribution is 14.0. The zero-order chi connectivity index (χ0) is 12.1. The third kappa shape index (κ3) is 4.99. The zero-order valence-electron chi connectivity index (χ0n) is 10.7. The van der Waals surface area contributed by atoms with Gasteiger partial charge in [-0.15, -0.1) is 24.0 Å². The molecule has 1 aliphatic carbocycles. The van der Waals surface area contributed by atoms with E-state index in [0.29, 0.717) is 25.0 Å². The van der Waals surface area contributed by atoms with Crippen molar-refractivity contribution >= 4 is 35.8 Å². The molecular formula is C12H23IN4O. The van der Waals surface area contributed by atoms with Crippen LogP contribution in [0.1, 0.15) is 44.9 Å². The molecule has 0 bridgehead atoms. The van der Waals surface area contributed by atoms with Gasteiger partial charge >= 0.3 is 0 Å². The molecule has 0 aromatic carbocycles. The van der Waals surface area contributed by atoms with Gasteiger partial charge in [0.05, 0.1) is 6.54 Å². The lowest BCUT2D eigenvalue weighted by atomic mass is 10.0. The van der Waals surface area contributed by atoms with Crippen LogP contribution in [0.25, 0.3) is 0 Å². The Morgan fingerprint density at radius 1 is 1.33 bits per heavy atom. The predicted molar refractivity (Wildman–Crippen MR) is 83.1 cm³/mol. The number of rotatable bonds is 3. The lowest BCUT2D eigenvalue weighted by molar-refractivity contribution is -0.123. The van der Waals surface area contributed by atoms with Gasteiger partial charge in [-0.3, -0.25) is 9.79 Å². The molecule has 1 atom stereocenters. The van der Waals surface area contributed by atoms with Crippen LogP contribution in [-0.2, 0) is 4.79 Å². The van der Waals surface area contributed by atoms with Gasteiger partial charge in [-0.1, -0.05) is 12.8 Å². The molecule has 0 spiro atoms. The molecule has 18 heavy (non-hydrogen) atoms. The quantitative estimate of drug-likeness (QED) is 0.398. The van der Waals surface area contributed by atoms with Gasteiger partial charge < -0.3 is 16.4 Å². The number of nitrogens with one attached hydrogen (secondary N) is 2. The highest BCUT2D eigenvalue weighted by Gasteiger charge is 2.18. The zero-order valence-corrected chi connectivity index (χ0v) is 13.0. The Hall–Kier alpha value is -0.530. The molecule has 1 amide bonds. The number of carbonyl (C=O) groups is 1. The smallest absolute Gasteiger partial charge is 0.220 e. The molecule has 104 valence electrons. The number of nitrogens with two attached hydrogens (primary N) is 1. The summed E-state index contributed by atoms with van der Waals surface area (Å²) in [4.78, 5) is 15.5. The molecule has 5 nitrogen and oxygen atoms in total. The summed E-state index contributed by atoms with van der Waals surface area (Å²) in [6, 6.07) is 0.667. The van der Waals surface area contributed by atoms with Gasteiger partial charge in [0.15, 0.2) is 5.96 Å². The maximum absolute atomic E-state index is 11.2. The molecule has 0 radical (unpaired) electrons. The minimum Gasteiger partial charge on any atom is -0.370 e. The lowest BCUT2D eigenvalue weighted by Gasteiger charge is -2.22. The van der Waals surface area contributed by atoms with E-state index in [1.165, 1.54) is 25.7 Å². The molecule has 4 N–H and O–H groups in total. The maximum atomic E-state index is 11.2. The summed E-state index contributed by atoms with van der Waals surface area (Å²) in [7, 11) is 0. The third-order valence-electron chi connectivity index (χ3n) is 3.51. The van der Waals surface area contributed by atoms with E-state index in [1.807, 2.05) is 0 Å². The van der Waals surface area contributed by atoms with Crippen molar-refractivity contribution in [2.45, 2.75) is 57.0 Å². The number of halogens is 1. The first-order chi connectivity index (χ1) is 8.24. The van der Waals surface area contributed by atoms with Crippen molar-refractivity contribution in [3.63, 3.8) is 0 Å². The van der Waals surface area contributed by atoms with Crippen molar-refractivity contribution in [3.8, 4) is 0 Å². The molecule has 1 saturated heterocycles. The van der Waals surface area contributed by atoms with Crippen molar-refractivity contribution in [3.05, 3.63) is 0 Å². The summed E-state index contributed by atoms with van der Waals surface area (Å²) in [5.74, 6) is 0.662. The van der Waals surface area contributed by atoms with Crippen LogP contribution in [0, 0.1) is 0 Å². The van der Waals surface area contributed by atoms with E-state index in [-0.39, 0.29) is 35.9 Å². The fourth-order valence-electron chi connectivity index (χ4n) is 2.55. The van der Waals surface area contributed by atoms with Gasteiger partial charge in [0.2, 0.25) is 5.91 Å². The molecule has 6 heteroatoms. The molecule has 1 unspecified atom stereocenters. The monoisotopic (exact) mass is 366 g/mol. The summed E-state index contributed by atoms with van der Waals surface area (Å²) < 4.78 is 0. The molecule has 0 aromatic heterocycles. The van der Waals surface area contributed by atoms with Gasteiger partial charge in [-0.05, 0) is 25.7 Å². The van der Waals surface area contributed by atoms with Crippen molar-refractivity contribution in [1.29, 1.82) is 0 Å². The summed E-state index contributed by atoms with van der Waals surface area (Å²) in [6.45, 7) is 0.595. The van der Waals surface area contributed by atoms with Crippen LogP contribution in [0.2, 0.25) is 0 Å². The van der Waals surface area contributed by atoms with E-state index < -0.39 is 0 Å². The summed E-state index contributed by atoms with van der Waals surface area (Å²) >= 11 is 0. The number of hydrogen-bond acceptors (Lipinski definition) is 2. The molecule has 2 fully saturated rings. The Bertz CT molecular complexity index is 302. The van der Waals surface area contributed by atoms with Crippen LogP contribution in [0.4, 0.5) is 0 Å². The van der Waals surface area contributed by atoms with E-state index in [2.05, 4.69) is 15.6 Å². The van der Waals surface area contributed by atoms with Crippen LogP contribution in [0.15, 0.2) is 4.99 Å². The number of amides is 1. The Morgan fingerprint density at radius 3 is 2.72 bits per heavy atom. The van der Waals surface area contributed by atoms with Crippen molar-refractivity contribution in [2.24, 2.45) is 10.7 Å². The molecule has 1 aliphatic heterocycles. The Morgan fingerprint density at radius 2 is 2.06 bits per heavy atom. The largest absolute Gasteiger partial charge is 0.370 e. The number of nitrogens with zero attached hydrogens (tertiary/aromatic N) is 1. The molecule has 1 heterocycles. The maximum Gasteiger partial charge on any atom is 0.220 e. The van der Waals surface area contributed by atoms with Gasteiger partial charge in [0.25, 0.3) is 0 Å². The van der Waals surface area contributed by atoms with Crippen LogP contribution in [-0.4, -0.2) is 30.5 Å². The van der Waals surface area contributed by atoms with E-state index in [4.69, 9.17) is 5.73 Å². The average molecular weight is 366 g/mol.